The third-order valence-electron chi connectivity index (χ3n) is 3.12. The molecule has 0 spiro atoms. The van der Waals surface area contributed by atoms with E-state index in [0.29, 0.717) is 0 Å². The SMILES string of the molecule is C.C.C.CC(C)(C)NC(=O)C(C)(C)C.CN(C(=O)C(C)(C)C)C(C)(C)C. The van der Waals surface area contributed by atoms with Crippen LogP contribution in [0.2, 0.25) is 0 Å². The highest BCUT2D eigenvalue weighted by molar-refractivity contribution is 5.82. The number of hydrogen-bond acceptors (Lipinski definition) is 2. The summed E-state index contributed by atoms with van der Waals surface area (Å²) in [6.45, 7) is 23.6. The second kappa shape index (κ2) is 11.6. The predicted octanol–water partition coefficient (Wildman–Crippen LogP) is 6.14. The molecule has 4 heteroatoms. The van der Waals surface area contributed by atoms with Gasteiger partial charge in [-0.2, -0.15) is 0 Å². The Balaban J connectivity index is -0.000000102. The molecule has 0 aliphatic rings. The molecule has 0 aromatic heterocycles. The molecule has 0 aromatic rings. The van der Waals surface area contributed by atoms with Gasteiger partial charge in [0.15, 0.2) is 0 Å². The van der Waals surface area contributed by atoms with E-state index >= 15 is 0 Å². The van der Waals surface area contributed by atoms with Gasteiger partial charge in [0, 0.05) is 29.0 Å². The van der Waals surface area contributed by atoms with Crippen LogP contribution >= 0.6 is 0 Å². The molecule has 1 N–H and O–H groups in total. The van der Waals surface area contributed by atoms with Gasteiger partial charge in [-0.15, -0.1) is 0 Å². The smallest absolute Gasteiger partial charge is 0.228 e. The van der Waals surface area contributed by atoms with Crippen molar-refractivity contribution in [3.63, 3.8) is 0 Å². The topological polar surface area (TPSA) is 49.4 Å². The zero-order chi connectivity index (χ0) is 19.4. The lowest BCUT2D eigenvalue weighted by Gasteiger charge is -2.36. The molecular formula is C22H52N2O2. The van der Waals surface area contributed by atoms with Crippen molar-refractivity contribution in [2.75, 3.05) is 7.05 Å². The summed E-state index contributed by atoms with van der Waals surface area (Å²) in [5.41, 5.74) is -0.760. The van der Waals surface area contributed by atoms with E-state index in [0.717, 1.165) is 0 Å². The maximum atomic E-state index is 11.7. The molecule has 26 heavy (non-hydrogen) atoms. The van der Waals surface area contributed by atoms with E-state index in [1.807, 2.05) is 90.1 Å². The maximum absolute atomic E-state index is 11.7. The van der Waals surface area contributed by atoms with Crippen molar-refractivity contribution in [3.8, 4) is 0 Å². The van der Waals surface area contributed by atoms with Gasteiger partial charge in [0.05, 0.1) is 0 Å². The fourth-order valence-electron chi connectivity index (χ4n) is 1.34. The summed E-state index contributed by atoms with van der Waals surface area (Å²) in [7, 11) is 1.85. The Bertz CT molecular complexity index is 400. The first-order valence-corrected chi connectivity index (χ1v) is 8.30. The normalized spacial score (nSPS) is 11.4. The first-order chi connectivity index (χ1) is 9.69. The maximum Gasteiger partial charge on any atom is 0.228 e. The Hall–Kier alpha value is -1.06. The van der Waals surface area contributed by atoms with Crippen molar-refractivity contribution in [2.45, 2.75) is 116 Å². The molecular weight excluding hydrogens is 324 g/mol. The van der Waals surface area contributed by atoms with E-state index in [4.69, 9.17) is 0 Å². The van der Waals surface area contributed by atoms with Gasteiger partial charge in [-0.05, 0) is 41.5 Å². The highest BCUT2D eigenvalue weighted by atomic mass is 16.2. The van der Waals surface area contributed by atoms with Gasteiger partial charge in [-0.1, -0.05) is 63.8 Å². The van der Waals surface area contributed by atoms with E-state index < -0.39 is 0 Å². The zero-order valence-electron chi connectivity index (χ0n) is 17.8. The molecule has 0 radical (unpaired) electrons. The van der Waals surface area contributed by atoms with E-state index in [2.05, 4.69) is 5.32 Å². The van der Waals surface area contributed by atoms with Gasteiger partial charge in [0.2, 0.25) is 11.8 Å². The number of rotatable bonds is 0. The number of carbonyl (C=O) groups excluding carboxylic acids is 2. The van der Waals surface area contributed by atoms with Crippen LogP contribution in [-0.4, -0.2) is 34.8 Å². The number of nitrogens with zero attached hydrogens (tertiary/aromatic N) is 1. The minimum Gasteiger partial charge on any atom is -0.351 e. The summed E-state index contributed by atoms with van der Waals surface area (Å²) < 4.78 is 0. The summed E-state index contributed by atoms with van der Waals surface area (Å²) in [4.78, 5) is 24.9. The van der Waals surface area contributed by atoms with E-state index in [1.165, 1.54) is 0 Å². The van der Waals surface area contributed by atoms with Crippen LogP contribution in [0.15, 0.2) is 0 Å². The van der Waals surface area contributed by atoms with Crippen molar-refractivity contribution in [2.24, 2.45) is 10.8 Å². The van der Waals surface area contributed by atoms with Crippen LogP contribution in [0.4, 0.5) is 0 Å². The monoisotopic (exact) mass is 376 g/mol. The van der Waals surface area contributed by atoms with E-state index in [9.17, 15) is 9.59 Å². The van der Waals surface area contributed by atoms with Gasteiger partial charge in [-0.3, -0.25) is 9.59 Å². The van der Waals surface area contributed by atoms with Crippen LogP contribution in [0.5, 0.6) is 0 Å². The second-order valence-corrected chi connectivity index (χ2v) is 10.2. The Labute approximate surface area is 166 Å². The first kappa shape index (κ1) is 35.9. The van der Waals surface area contributed by atoms with Gasteiger partial charge >= 0.3 is 0 Å². The molecule has 0 aliphatic heterocycles. The minimum atomic E-state index is -0.284. The third-order valence-corrected chi connectivity index (χ3v) is 3.12. The average Bonchev–Trinajstić information content (AvgIpc) is 2.21. The van der Waals surface area contributed by atoms with Crippen molar-refractivity contribution in [3.05, 3.63) is 0 Å². The van der Waals surface area contributed by atoms with Crippen molar-refractivity contribution in [1.29, 1.82) is 0 Å². The number of hydrogen-bond donors (Lipinski definition) is 1. The Kier molecular flexibility index (Phi) is 16.1. The second-order valence-electron chi connectivity index (χ2n) is 10.2. The van der Waals surface area contributed by atoms with Crippen molar-refractivity contribution >= 4 is 11.8 Å². The summed E-state index contributed by atoms with van der Waals surface area (Å²) >= 11 is 0. The quantitative estimate of drug-likeness (QED) is 0.551. The summed E-state index contributed by atoms with van der Waals surface area (Å²) in [6, 6.07) is 0. The number of carbonyl (C=O) groups is 2. The molecule has 4 nitrogen and oxygen atoms in total. The molecule has 0 fully saturated rings. The summed E-state index contributed by atoms with van der Waals surface area (Å²) in [5, 5.41) is 2.92. The van der Waals surface area contributed by atoms with E-state index in [-0.39, 0.29) is 56.0 Å². The number of nitrogens with one attached hydrogen (secondary N) is 1. The molecule has 162 valence electrons. The summed E-state index contributed by atoms with van der Waals surface area (Å²) in [6.07, 6.45) is 0. The Morgan fingerprint density at radius 3 is 1.04 bits per heavy atom. The summed E-state index contributed by atoms with van der Waals surface area (Å²) in [5.74, 6) is 0.292. The highest BCUT2D eigenvalue weighted by Gasteiger charge is 2.30. The number of amides is 2. The van der Waals surface area contributed by atoms with Gasteiger partial charge < -0.3 is 10.2 Å². The van der Waals surface area contributed by atoms with Gasteiger partial charge in [-0.25, -0.2) is 0 Å². The zero-order valence-corrected chi connectivity index (χ0v) is 17.8. The highest BCUT2D eigenvalue weighted by Crippen LogP contribution is 2.21. The Morgan fingerprint density at radius 1 is 0.654 bits per heavy atom. The Morgan fingerprint density at radius 2 is 0.962 bits per heavy atom. The molecule has 0 unspecified atom stereocenters. The van der Waals surface area contributed by atoms with Crippen LogP contribution in [-0.2, 0) is 9.59 Å². The molecule has 0 rings (SSSR count). The molecule has 0 heterocycles. The molecule has 0 saturated heterocycles. The fraction of sp³-hybridized carbons (Fsp3) is 0.909. The van der Waals surface area contributed by atoms with Crippen molar-refractivity contribution < 1.29 is 9.59 Å². The standard InChI is InChI=1S/C10H21NO.C9H19NO.3CH4/c1-9(2,3)8(12)11(7)10(4,5)6;1-8(2,3)7(11)10-9(4,5)6;;;/h1-7H3;1-6H3,(H,10,11);3*1H4. The van der Waals surface area contributed by atoms with Gasteiger partial charge in [0.25, 0.3) is 0 Å². The average molecular weight is 377 g/mol. The van der Waals surface area contributed by atoms with Gasteiger partial charge in [0.1, 0.15) is 0 Å². The molecule has 0 bridgehead atoms. The lowest BCUT2D eigenvalue weighted by atomic mass is 9.92. The predicted molar refractivity (Wildman–Crippen MR) is 120 cm³/mol. The molecule has 0 aromatic carbocycles. The van der Waals surface area contributed by atoms with Crippen LogP contribution in [0.1, 0.15) is 105 Å². The van der Waals surface area contributed by atoms with Crippen LogP contribution < -0.4 is 5.32 Å². The fourth-order valence-corrected chi connectivity index (χ4v) is 1.34. The molecule has 2 amide bonds. The van der Waals surface area contributed by atoms with Crippen LogP contribution in [0.25, 0.3) is 0 Å². The molecule has 0 saturated carbocycles. The largest absolute Gasteiger partial charge is 0.351 e. The molecule has 0 atom stereocenters. The minimum absolute atomic E-state index is 0. The molecule has 0 aliphatic carbocycles. The lowest BCUT2D eigenvalue weighted by Crippen LogP contribution is -2.47. The van der Waals surface area contributed by atoms with E-state index in [1.54, 1.807) is 4.90 Å². The third kappa shape index (κ3) is 16.4. The lowest BCUT2D eigenvalue weighted by molar-refractivity contribution is -0.142. The van der Waals surface area contributed by atoms with Crippen LogP contribution in [0, 0.1) is 10.8 Å². The van der Waals surface area contributed by atoms with Crippen LogP contribution in [0.3, 0.4) is 0 Å². The van der Waals surface area contributed by atoms with Crippen molar-refractivity contribution in [1.82, 2.24) is 10.2 Å². The first-order valence-electron chi connectivity index (χ1n) is 8.30.